The van der Waals surface area contributed by atoms with Crippen molar-refractivity contribution >= 4 is 17.5 Å². The molecule has 0 unspecified atom stereocenters. The van der Waals surface area contributed by atoms with Crippen LogP contribution in [0.1, 0.15) is 11.1 Å². The van der Waals surface area contributed by atoms with Crippen LogP contribution in [-0.2, 0) is 24.3 Å². The summed E-state index contributed by atoms with van der Waals surface area (Å²) in [6, 6.07) is 17.9. The van der Waals surface area contributed by atoms with Gasteiger partial charge in [0.1, 0.15) is 6.04 Å². The zero-order chi connectivity index (χ0) is 19.9. The van der Waals surface area contributed by atoms with Gasteiger partial charge in [0.25, 0.3) is 0 Å². The number of aliphatic carboxylic acids is 1. The van der Waals surface area contributed by atoms with Crippen LogP contribution >= 0.6 is 11.5 Å². The topological polar surface area (TPSA) is 93.3 Å². The van der Waals surface area contributed by atoms with Gasteiger partial charge in [0, 0.05) is 18.1 Å². The molecule has 146 valence electrons. The summed E-state index contributed by atoms with van der Waals surface area (Å²) in [5, 5.41) is 12.4. The molecule has 2 N–H and O–H groups in total. The average Bonchev–Trinajstić information content (AvgIpc) is 2.96. The highest BCUT2D eigenvalue weighted by Gasteiger charge is 2.17. The first-order valence-electron chi connectivity index (χ1n) is 8.89. The second-order valence-electron chi connectivity index (χ2n) is 6.35. The third-order valence-corrected chi connectivity index (χ3v) is 5.26. The van der Waals surface area contributed by atoms with Crippen LogP contribution in [0.4, 0.5) is 0 Å². The number of hydrogen-bond acceptors (Lipinski definition) is 5. The van der Waals surface area contributed by atoms with Gasteiger partial charge in [0.2, 0.25) is 0 Å². The first-order chi connectivity index (χ1) is 13.5. The first kappa shape index (κ1) is 19.8. The maximum Gasteiger partial charge on any atom is 0.341 e. The molecule has 8 heteroatoms. The Balaban J connectivity index is 1.62. The van der Waals surface area contributed by atoms with Crippen molar-refractivity contribution in [2.45, 2.75) is 25.6 Å². The van der Waals surface area contributed by atoms with Gasteiger partial charge >= 0.3 is 16.5 Å². The monoisotopic (exact) mass is 399 g/mol. The number of nitrogens with zero attached hydrogens (tertiary/aromatic N) is 2. The number of aromatic nitrogens is 2. The number of benzene rings is 2. The number of nitrogens with one attached hydrogen (secondary N) is 1. The lowest BCUT2D eigenvalue weighted by Crippen LogP contribution is -2.41. The van der Waals surface area contributed by atoms with Crippen LogP contribution in [0.5, 0.6) is 0 Å². The highest BCUT2D eigenvalue weighted by Crippen LogP contribution is 2.04. The lowest BCUT2D eigenvalue weighted by molar-refractivity contribution is -0.139. The Bertz CT molecular complexity index is 1020. The lowest BCUT2D eigenvalue weighted by Gasteiger charge is -2.14. The van der Waals surface area contributed by atoms with E-state index in [0.29, 0.717) is 6.42 Å². The fourth-order valence-electron chi connectivity index (χ4n) is 2.87. The average molecular weight is 399 g/mol. The molecule has 1 aromatic heterocycles. The van der Waals surface area contributed by atoms with Crippen molar-refractivity contribution in [1.82, 2.24) is 13.8 Å². The predicted octanol–water partition coefficient (Wildman–Crippen LogP) is 1.41. The minimum Gasteiger partial charge on any atom is -0.480 e. The van der Waals surface area contributed by atoms with Crippen LogP contribution in [0.2, 0.25) is 0 Å². The molecule has 2 aromatic carbocycles. The van der Waals surface area contributed by atoms with Crippen LogP contribution in [0.3, 0.4) is 0 Å². The molecule has 0 amide bonds. The molecular weight excluding hydrogens is 378 g/mol. The summed E-state index contributed by atoms with van der Waals surface area (Å²) in [6.45, 7) is 0.731. The van der Waals surface area contributed by atoms with E-state index in [1.54, 1.807) is 0 Å². The molecule has 28 heavy (non-hydrogen) atoms. The highest BCUT2D eigenvalue weighted by molar-refractivity contribution is 7.03. The van der Waals surface area contributed by atoms with Gasteiger partial charge < -0.3 is 10.4 Å². The fraction of sp³-hybridized carbons (Fsp3) is 0.250. The molecule has 0 saturated heterocycles. The van der Waals surface area contributed by atoms with Gasteiger partial charge in [0.05, 0.1) is 13.1 Å². The van der Waals surface area contributed by atoms with E-state index < -0.39 is 12.0 Å². The van der Waals surface area contributed by atoms with Crippen LogP contribution in [0.15, 0.2) is 70.3 Å². The maximum absolute atomic E-state index is 12.5. The van der Waals surface area contributed by atoms with E-state index in [-0.39, 0.29) is 30.2 Å². The standard InChI is InChI=1S/C20H21N3O4S/c24-18(25)17(13-15-7-3-1-4-8-15)21-11-12-23-19(26)22(20(27)28-23)14-16-9-5-2-6-10-16/h1-10,17,21H,11-14H2,(H,24,25)/t17-/m0/s1. The molecule has 0 radical (unpaired) electrons. The van der Waals surface area contributed by atoms with E-state index in [9.17, 15) is 19.5 Å². The van der Waals surface area contributed by atoms with Crippen molar-refractivity contribution in [3.63, 3.8) is 0 Å². The second kappa shape index (κ2) is 9.29. The molecule has 0 spiro atoms. The number of rotatable bonds is 9. The van der Waals surface area contributed by atoms with Crippen molar-refractivity contribution in [2.75, 3.05) is 6.54 Å². The molecule has 0 fully saturated rings. The summed E-state index contributed by atoms with van der Waals surface area (Å²) in [5.74, 6) is -0.953. The largest absolute Gasteiger partial charge is 0.480 e. The molecule has 3 rings (SSSR count). The summed E-state index contributed by atoms with van der Waals surface area (Å²) < 4.78 is 2.55. The second-order valence-corrected chi connectivity index (χ2v) is 7.32. The fourth-order valence-corrected chi connectivity index (χ4v) is 3.66. The van der Waals surface area contributed by atoms with Gasteiger partial charge in [-0.1, -0.05) is 60.7 Å². The Hall–Kier alpha value is -2.97. The van der Waals surface area contributed by atoms with Crippen LogP contribution in [0.25, 0.3) is 0 Å². The quantitative estimate of drug-likeness (QED) is 0.567. The van der Waals surface area contributed by atoms with Crippen LogP contribution < -0.4 is 15.9 Å². The van der Waals surface area contributed by atoms with Crippen LogP contribution in [-0.4, -0.2) is 32.2 Å². The highest BCUT2D eigenvalue weighted by atomic mass is 32.1. The van der Waals surface area contributed by atoms with Crippen molar-refractivity contribution < 1.29 is 9.90 Å². The van der Waals surface area contributed by atoms with Crippen molar-refractivity contribution in [3.05, 3.63) is 91.9 Å². The molecule has 0 saturated carbocycles. The Morgan fingerprint density at radius 3 is 2.21 bits per heavy atom. The SMILES string of the molecule is O=C(O)[C@H](Cc1ccccc1)NCCn1sc(=O)n(Cc2ccccc2)c1=O. The first-order valence-corrected chi connectivity index (χ1v) is 9.67. The molecule has 3 aromatic rings. The van der Waals surface area contributed by atoms with E-state index in [1.165, 1.54) is 8.52 Å². The molecule has 7 nitrogen and oxygen atoms in total. The van der Waals surface area contributed by atoms with Gasteiger partial charge in [-0.05, 0) is 17.5 Å². The molecule has 1 heterocycles. The molecule has 0 bridgehead atoms. The Morgan fingerprint density at radius 2 is 1.61 bits per heavy atom. The van der Waals surface area contributed by atoms with Gasteiger partial charge in [-0.2, -0.15) is 0 Å². The summed E-state index contributed by atoms with van der Waals surface area (Å²) in [7, 11) is 0. The molecule has 0 aliphatic rings. The van der Waals surface area contributed by atoms with Crippen molar-refractivity contribution in [1.29, 1.82) is 0 Å². The van der Waals surface area contributed by atoms with E-state index in [4.69, 9.17) is 0 Å². The van der Waals surface area contributed by atoms with E-state index in [2.05, 4.69) is 5.32 Å². The number of carboxylic acid groups (broad SMARTS) is 1. The lowest BCUT2D eigenvalue weighted by atomic mass is 10.1. The van der Waals surface area contributed by atoms with Gasteiger partial charge in [-0.3, -0.25) is 9.59 Å². The summed E-state index contributed by atoms with van der Waals surface area (Å²) in [5.41, 5.74) is 1.41. The van der Waals surface area contributed by atoms with Gasteiger partial charge in [-0.25, -0.2) is 13.3 Å². The minimum atomic E-state index is -0.953. The van der Waals surface area contributed by atoms with E-state index >= 15 is 0 Å². The van der Waals surface area contributed by atoms with Gasteiger partial charge in [-0.15, -0.1) is 0 Å². The smallest absolute Gasteiger partial charge is 0.341 e. The zero-order valence-corrected chi connectivity index (χ0v) is 16.0. The number of hydrogen-bond donors (Lipinski definition) is 2. The van der Waals surface area contributed by atoms with Crippen molar-refractivity contribution in [2.24, 2.45) is 0 Å². The summed E-state index contributed by atoms with van der Waals surface area (Å²) in [4.78, 5) is 35.8. The van der Waals surface area contributed by atoms with E-state index in [1.807, 2.05) is 60.7 Å². The van der Waals surface area contributed by atoms with Crippen LogP contribution in [0, 0.1) is 0 Å². The maximum atomic E-state index is 12.5. The minimum absolute atomic E-state index is 0.223. The summed E-state index contributed by atoms with van der Waals surface area (Å²) in [6.07, 6.45) is 0.344. The normalized spacial score (nSPS) is 12.0. The predicted molar refractivity (Wildman–Crippen MR) is 108 cm³/mol. The third kappa shape index (κ3) is 5.05. The zero-order valence-electron chi connectivity index (χ0n) is 15.2. The molecule has 1 atom stereocenters. The number of carbonyl (C=O) groups is 1. The number of carboxylic acids is 1. The molecule has 0 aliphatic heterocycles. The molecular formula is C20H21N3O4S. The van der Waals surface area contributed by atoms with Gasteiger partial charge in [0.15, 0.2) is 0 Å². The van der Waals surface area contributed by atoms with Crippen molar-refractivity contribution in [3.8, 4) is 0 Å². The Labute approximate surface area is 165 Å². The van der Waals surface area contributed by atoms with E-state index in [0.717, 1.165) is 22.7 Å². The Morgan fingerprint density at radius 1 is 1.00 bits per heavy atom. The Kier molecular flexibility index (Phi) is 6.57. The molecule has 0 aliphatic carbocycles. The third-order valence-electron chi connectivity index (χ3n) is 4.32. The summed E-state index contributed by atoms with van der Waals surface area (Å²) >= 11 is 0.848.